The Hall–Kier alpha value is -1.55. The molecule has 5 heteroatoms. The average Bonchev–Trinajstić information content (AvgIpc) is 2.71. The first-order valence-corrected chi connectivity index (χ1v) is 8.47. The molecule has 2 amide bonds. The molecule has 1 aliphatic rings. The molecule has 2 rings (SSSR count). The first kappa shape index (κ1) is 17.8. The SMILES string of the molecule is CC(C)(C)C(=O)N1CCCN(C(=O)Cc2cccc(Cl)c2)CC1. The Morgan fingerprint density at radius 1 is 1.09 bits per heavy atom. The smallest absolute Gasteiger partial charge is 0.228 e. The summed E-state index contributed by atoms with van der Waals surface area (Å²) in [6, 6.07) is 7.40. The van der Waals surface area contributed by atoms with E-state index in [2.05, 4.69) is 0 Å². The number of amides is 2. The van der Waals surface area contributed by atoms with Crippen molar-refractivity contribution in [2.75, 3.05) is 26.2 Å². The van der Waals surface area contributed by atoms with E-state index in [9.17, 15) is 9.59 Å². The number of carbonyl (C=O) groups is 2. The van der Waals surface area contributed by atoms with Crippen molar-refractivity contribution in [2.24, 2.45) is 5.41 Å². The van der Waals surface area contributed by atoms with Crippen molar-refractivity contribution in [3.05, 3.63) is 34.9 Å². The van der Waals surface area contributed by atoms with Crippen LogP contribution in [0.3, 0.4) is 0 Å². The van der Waals surface area contributed by atoms with Crippen molar-refractivity contribution >= 4 is 23.4 Å². The predicted octanol–water partition coefficient (Wildman–Crippen LogP) is 2.99. The standard InChI is InChI=1S/C18H25ClN2O2/c1-18(2,3)17(23)21-9-5-8-20(10-11-21)16(22)13-14-6-4-7-15(19)12-14/h4,6-7,12H,5,8-11,13H2,1-3H3. The van der Waals surface area contributed by atoms with Gasteiger partial charge in [-0.1, -0.05) is 44.5 Å². The maximum Gasteiger partial charge on any atom is 0.228 e. The number of hydrogen-bond donors (Lipinski definition) is 0. The summed E-state index contributed by atoms with van der Waals surface area (Å²) >= 11 is 5.97. The van der Waals surface area contributed by atoms with Crippen LogP contribution in [0.25, 0.3) is 0 Å². The third kappa shape index (κ3) is 4.96. The van der Waals surface area contributed by atoms with Gasteiger partial charge in [0, 0.05) is 36.6 Å². The third-order valence-electron chi connectivity index (χ3n) is 4.02. The van der Waals surface area contributed by atoms with Gasteiger partial charge < -0.3 is 9.80 Å². The second-order valence-corrected chi connectivity index (χ2v) is 7.52. The van der Waals surface area contributed by atoms with Gasteiger partial charge in [0.1, 0.15) is 0 Å². The molecule has 126 valence electrons. The molecule has 0 saturated carbocycles. The Labute approximate surface area is 143 Å². The van der Waals surface area contributed by atoms with Crippen LogP contribution in [0.1, 0.15) is 32.8 Å². The lowest BCUT2D eigenvalue weighted by molar-refractivity contribution is -0.139. The van der Waals surface area contributed by atoms with Gasteiger partial charge in [-0.05, 0) is 24.1 Å². The van der Waals surface area contributed by atoms with Gasteiger partial charge in [0.05, 0.1) is 6.42 Å². The van der Waals surface area contributed by atoms with Crippen LogP contribution < -0.4 is 0 Å². The highest BCUT2D eigenvalue weighted by Gasteiger charge is 2.29. The fraction of sp³-hybridized carbons (Fsp3) is 0.556. The van der Waals surface area contributed by atoms with E-state index >= 15 is 0 Å². The summed E-state index contributed by atoms with van der Waals surface area (Å²) < 4.78 is 0. The van der Waals surface area contributed by atoms with Gasteiger partial charge in [-0.2, -0.15) is 0 Å². The van der Waals surface area contributed by atoms with Gasteiger partial charge in [0.25, 0.3) is 0 Å². The zero-order chi connectivity index (χ0) is 17.0. The molecule has 0 unspecified atom stereocenters. The topological polar surface area (TPSA) is 40.6 Å². The van der Waals surface area contributed by atoms with Crippen molar-refractivity contribution < 1.29 is 9.59 Å². The molecular weight excluding hydrogens is 312 g/mol. The highest BCUT2D eigenvalue weighted by atomic mass is 35.5. The molecule has 23 heavy (non-hydrogen) atoms. The zero-order valence-electron chi connectivity index (χ0n) is 14.1. The molecule has 1 aromatic rings. The van der Waals surface area contributed by atoms with Crippen LogP contribution in [0.4, 0.5) is 0 Å². The molecule has 1 saturated heterocycles. The summed E-state index contributed by atoms with van der Waals surface area (Å²) in [6.07, 6.45) is 1.18. The van der Waals surface area contributed by atoms with E-state index in [1.54, 1.807) is 6.07 Å². The van der Waals surface area contributed by atoms with E-state index in [-0.39, 0.29) is 17.2 Å². The molecule has 0 aromatic heterocycles. The normalized spacial score (nSPS) is 16.2. The van der Waals surface area contributed by atoms with Crippen LogP contribution in [-0.4, -0.2) is 47.8 Å². The number of benzene rings is 1. The van der Waals surface area contributed by atoms with Crippen LogP contribution >= 0.6 is 11.6 Å². The predicted molar refractivity (Wildman–Crippen MR) is 92.4 cm³/mol. The van der Waals surface area contributed by atoms with Crippen molar-refractivity contribution in [1.29, 1.82) is 0 Å². The zero-order valence-corrected chi connectivity index (χ0v) is 14.9. The largest absolute Gasteiger partial charge is 0.341 e. The quantitative estimate of drug-likeness (QED) is 0.833. The Balaban J connectivity index is 1.95. The van der Waals surface area contributed by atoms with Gasteiger partial charge in [-0.3, -0.25) is 9.59 Å². The molecule has 0 radical (unpaired) electrons. The summed E-state index contributed by atoms with van der Waals surface area (Å²) in [7, 11) is 0. The lowest BCUT2D eigenvalue weighted by atomic mass is 9.94. The van der Waals surface area contributed by atoms with Crippen LogP contribution in [-0.2, 0) is 16.0 Å². The summed E-state index contributed by atoms with van der Waals surface area (Å²) in [5.41, 5.74) is 0.550. The number of hydrogen-bond acceptors (Lipinski definition) is 2. The van der Waals surface area contributed by atoms with E-state index in [0.29, 0.717) is 31.1 Å². The summed E-state index contributed by atoms with van der Waals surface area (Å²) in [4.78, 5) is 28.6. The average molecular weight is 337 g/mol. The van der Waals surface area contributed by atoms with Gasteiger partial charge in [0.15, 0.2) is 0 Å². The van der Waals surface area contributed by atoms with Gasteiger partial charge in [-0.25, -0.2) is 0 Å². The highest BCUT2D eigenvalue weighted by molar-refractivity contribution is 6.30. The van der Waals surface area contributed by atoms with Crippen molar-refractivity contribution in [3.63, 3.8) is 0 Å². The molecule has 0 bridgehead atoms. The minimum atomic E-state index is -0.375. The van der Waals surface area contributed by atoms with E-state index < -0.39 is 0 Å². The minimum Gasteiger partial charge on any atom is -0.341 e. The first-order valence-electron chi connectivity index (χ1n) is 8.09. The van der Waals surface area contributed by atoms with Gasteiger partial charge >= 0.3 is 0 Å². The Bertz CT molecular complexity index is 581. The van der Waals surface area contributed by atoms with E-state index in [1.807, 2.05) is 48.8 Å². The van der Waals surface area contributed by atoms with Crippen LogP contribution in [0.2, 0.25) is 5.02 Å². The number of nitrogens with zero attached hydrogens (tertiary/aromatic N) is 2. The molecule has 0 spiro atoms. The highest BCUT2D eigenvalue weighted by Crippen LogP contribution is 2.19. The summed E-state index contributed by atoms with van der Waals surface area (Å²) in [5, 5.41) is 0.646. The molecule has 1 aliphatic heterocycles. The molecule has 1 fully saturated rings. The Kier molecular flexibility index (Phi) is 5.69. The second kappa shape index (κ2) is 7.35. The molecule has 0 atom stereocenters. The number of carbonyl (C=O) groups excluding carboxylic acids is 2. The summed E-state index contributed by atoms with van der Waals surface area (Å²) in [6.45, 7) is 8.43. The Morgan fingerprint density at radius 2 is 1.74 bits per heavy atom. The fourth-order valence-electron chi connectivity index (χ4n) is 2.78. The number of rotatable bonds is 2. The molecular formula is C18H25ClN2O2. The fourth-order valence-corrected chi connectivity index (χ4v) is 2.99. The lowest BCUT2D eigenvalue weighted by Gasteiger charge is -2.28. The van der Waals surface area contributed by atoms with Gasteiger partial charge in [-0.15, -0.1) is 0 Å². The van der Waals surface area contributed by atoms with E-state index in [0.717, 1.165) is 18.5 Å². The maximum atomic E-state index is 12.5. The molecule has 4 nitrogen and oxygen atoms in total. The summed E-state index contributed by atoms with van der Waals surface area (Å²) in [5.74, 6) is 0.249. The van der Waals surface area contributed by atoms with Crippen LogP contribution in [0, 0.1) is 5.41 Å². The molecule has 1 aromatic carbocycles. The Morgan fingerprint density at radius 3 is 2.39 bits per heavy atom. The maximum absolute atomic E-state index is 12.5. The minimum absolute atomic E-state index is 0.0947. The van der Waals surface area contributed by atoms with E-state index in [1.165, 1.54) is 0 Å². The van der Waals surface area contributed by atoms with Crippen molar-refractivity contribution in [2.45, 2.75) is 33.6 Å². The van der Waals surface area contributed by atoms with Crippen molar-refractivity contribution in [1.82, 2.24) is 9.80 Å². The second-order valence-electron chi connectivity index (χ2n) is 7.08. The molecule has 0 aliphatic carbocycles. The third-order valence-corrected chi connectivity index (χ3v) is 4.26. The molecule has 1 heterocycles. The van der Waals surface area contributed by atoms with Crippen molar-refractivity contribution in [3.8, 4) is 0 Å². The van der Waals surface area contributed by atoms with Crippen LogP contribution in [0.5, 0.6) is 0 Å². The first-order chi connectivity index (χ1) is 10.8. The van der Waals surface area contributed by atoms with Gasteiger partial charge in [0.2, 0.25) is 11.8 Å². The molecule has 0 N–H and O–H groups in total. The van der Waals surface area contributed by atoms with E-state index in [4.69, 9.17) is 11.6 Å². The van der Waals surface area contributed by atoms with Crippen LogP contribution in [0.15, 0.2) is 24.3 Å². The number of halogens is 1. The monoisotopic (exact) mass is 336 g/mol. The lowest BCUT2D eigenvalue weighted by Crippen LogP contribution is -2.42.